The van der Waals surface area contributed by atoms with Gasteiger partial charge in [-0.15, -0.1) is 0 Å². The van der Waals surface area contributed by atoms with Crippen molar-refractivity contribution in [2.45, 2.75) is 44.9 Å². The van der Waals surface area contributed by atoms with E-state index >= 15 is 0 Å². The molecule has 100 valence electrons. The van der Waals surface area contributed by atoms with Crippen molar-refractivity contribution in [1.29, 1.82) is 5.26 Å². The minimum absolute atomic E-state index is 0.313. The third kappa shape index (κ3) is 5.48. The fraction of sp³-hybridized carbons (Fsp3) is 0.909. The standard InChI is InChI=1S/C11H23N3O2S/c1-5-10(3)14(4)8-7-13-17(15,16)11(6-2)9-12/h10-11,13H,5-8H2,1-4H3. The van der Waals surface area contributed by atoms with Crippen LogP contribution in [0.4, 0.5) is 0 Å². The molecule has 0 aromatic carbocycles. The summed E-state index contributed by atoms with van der Waals surface area (Å²) < 4.78 is 25.8. The summed E-state index contributed by atoms with van der Waals surface area (Å²) in [6.07, 6.45) is 1.34. The fourth-order valence-corrected chi connectivity index (χ4v) is 2.53. The lowest BCUT2D eigenvalue weighted by Gasteiger charge is -2.23. The Balaban J connectivity index is 4.17. The van der Waals surface area contributed by atoms with Gasteiger partial charge in [0.15, 0.2) is 5.25 Å². The molecule has 0 aliphatic carbocycles. The molecule has 0 amide bonds. The van der Waals surface area contributed by atoms with Crippen LogP contribution in [0, 0.1) is 11.3 Å². The molecule has 0 spiro atoms. The molecular formula is C11H23N3O2S. The number of likely N-dealkylation sites (N-methyl/N-ethyl adjacent to an activating group) is 1. The highest BCUT2D eigenvalue weighted by Gasteiger charge is 2.22. The van der Waals surface area contributed by atoms with Crippen LogP contribution in [0.15, 0.2) is 0 Å². The molecule has 0 aliphatic rings. The van der Waals surface area contributed by atoms with Gasteiger partial charge in [-0.3, -0.25) is 0 Å². The molecule has 2 unspecified atom stereocenters. The van der Waals surface area contributed by atoms with Crippen LogP contribution in [0.1, 0.15) is 33.6 Å². The van der Waals surface area contributed by atoms with Gasteiger partial charge in [-0.1, -0.05) is 13.8 Å². The van der Waals surface area contributed by atoms with E-state index in [0.29, 0.717) is 25.6 Å². The molecule has 5 nitrogen and oxygen atoms in total. The van der Waals surface area contributed by atoms with Gasteiger partial charge in [0.05, 0.1) is 6.07 Å². The summed E-state index contributed by atoms with van der Waals surface area (Å²) in [6, 6.07) is 2.23. The Morgan fingerprint density at radius 3 is 2.35 bits per heavy atom. The van der Waals surface area contributed by atoms with E-state index in [-0.39, 0.29) is 0 Å². The van der Waals surface area contributed by atoms with E-state index in [1.165, 1.54) is 0 Å². The van der Waals surface area contributed by atoms with Crippen molar-refractivity contribution in [2.24, 2.45) is 0 Å². The molecule has 0 bridgehead atoms. The average molecular weight is 261 g/mol. The molecule has 1 N–H and O–H groups in total. The highest BCUT2D eigenvalue weighted by Crippen LogP contribution is 2.03. The third-order valence-electron chi connectivity index (χ3n) is 3.00. The molecule has 0 rings (SSSR count). The van der Waals surface area contributed by atoms with Gasteiger partial charge >= 0.3 is 0 Å². The van der Waals surface area contributed by atoms with Crippen molar-refractivity contribution in [3.05, 3.63) is 0 Å². The Morgan fingerprint density at radius 2 is 1.94 bits per heavy atom. The molecule has 0 saturated heterocycles. The zero-order valence-electron chi connectivity index (χ0n) is 11.1. The monoisotopic (exact) mass is 261 g/mol. The Morgan fingerprint density at radius 1 is 1.35 bits per heavy atom. The summed E-state index contributed by atoms with van der Waals surface area (Å²) in [6.45, 7) is 6.88. The smallest absolute Gasteiger partial charge is 0.228 e. The van der Waals surface area contributed by atoms with Crippen molar-refractivity contribution < 1.29 is 8.42 Å². The maximum absolute atomic E-state index is 11.7. The van der Waals surface area contributed by atoms with Crippen LogP contribution < -0.4 is 4.72 Å². The van der Waals surface area contributed by atoms with Crippen molar-refractivity contribution in [3.63, 3.8) is 0 Å². The summed E-state index contributed by atoms with van der Waals surface area (Å²) in [7, 11) is -1.53. The van der Waals surface area contributed by atoms with Crippen molar-refractivity contribution in [2.75, 3.05) is 20.1 Å². The minimum Gasteiger partial charge on any atom is -0.302 e. The number of nitriles is 1. The molecule has 6 heteroatoms. The van der Waals surface area contributed by atoms with Crippen molar-refractivity contribution >= 4 is 10.0 Å². The Bertz CT molecular complexity index is 348. The Kier molecular flexibility index (Phi) is 7.35. The highest BCUT2D eigenvalue weighted by atomic mass is 32.2. The number of hydrogen-bond acceptors (Lipinski definition) is 4. The van der Waals surface area contributed by atoms with Crippen molar-refractivity contribution in [1.82, 2.24) is 9.62 Å². The van der Waals surface area contributed by atoms with Gasteiger partial charge in [0, 0.05) is 19.1 Å². The molecule has 0 aliphatic heterocycles. The molecule has 0 heterocycles. The van der Waals surface area contributed by atoms with Gasteiger partial charge in [-0.2, -0.15) is 5.26 Å². The van der Waals surface area contributed by atoms with Crippen LogP contribution in [-0.4, -0.2) is 44.7 Å². The molecule has 0 aromatic heterocycles. The molecule has 0 aromatic rings. The van der Waals surface area contributed by atoms with Crippen LogP contribution in [-0.2, 0) is 10.0 Å². The van der Waals surface area contributed by atoms with E-state index in [0.717, 1.165) is 6.42 Å². The number of hydrogen-bond donors (Lipinski definition) is 1. The first kappa shape index (κ1) is 16.4. The molecule has 17 heavy (non-hydrogen) atoms. The predicted molar refractivity (Wildman–Crippen MR) is 69.0 cm³/mol. The first-order chi connectivity index (χ1) is 7.88. The summed E-state index contributed by atoms with van der Waals surface area (Å²) in [5.74, 6) is 0. The second-order valence-electron chi connectivity index (χ2n) is 4.20. The first-order valence-electron chi connectivity index (χ1n) is 5.97. The van der Waals surface area contributed by atoms with E-state index in [1.54, 1.807) is 13.0 Å². The van der Waals surface area contributed by atoms with E-state index in [9.17, 15) is 8.42 Å². The molecule has 0 saturated carbocycles. The summed E-state index contributed by atoms with van der Waals surface area (Å²) in [5.41, 5.74) is 0. The topological polar surface area (TPSA) is 73.2 Å². The first-order valence-corrected chi connectivity index (χ1v) is 7.52. The van der Waals surface area contributed by atoms with Crippen molar-refractivity contribution in [3.8, 4) is 6.07 Å². The lowest BCUT2D eigenvalue weighted by Crippen LogP contribution is -2.40. The number of nitrogens with zero attached hydrogens (tertiary/aromatic N) is 2. The van der Waals surface area contributed by atoms with Gasteiger partial charge in [-0.25, -0.2) is 13.1 Å². The highest BCUT2D eigenvalue weighted by molar-refractivity contribution is 7.90. The zero-order valence-corrected chi connectivity index (χ0v) is 11.9. The number of nitrogens with one attached hydrogen (secondary N) is 1. The summed E-state index contributed by atoms with van der Waals surface area (Å²) >= 11 is 0. The van der Waals surface area contributed by atoms with Crippen LogP contribution in [0.3, 0.4) is 0 Å². The Hall–Kier alpha value is -0.640. The van der Waals surface area contributed by atoms with E-state index in [4.69, 9.17) is 5.26 Å². The fourth-order valence-electron chi connectivity index (χ4n) is 1.38. The maximum Gasteiger partial charge on any atom is 0.228 e. The zero-order chi connectivity index (χ0) is 13.5. The number of rotatable bonds is 8. The lowest BCUT2D eigenvalue weighted by atomic mass is 10.2. The van der Waals surface area contributed by atoms with Gasteiger partial charge in [0.1, 0.15) is 0 Å². The van der Waals surface area contributed by atoms with Gasteiger partial charge < -0.3 is 4.90 Å². The van der Waals surface area contributed by atoms with Crippen LogP contribution in [0.2, 0.25) is 0 Å². The SMILES string of the molecule is CCC(C)N(C)CCNS(=O)(=O)C(C#N)CC. The third-order valence-corrected chi connectivity index (χ3v) is 4.79. The quantitative estimate of drug-likeness (QED) is 0.705. The normalized spacial score (nSPS) is 15.5. The molecular weight excluding hydrogens is 238 g/mol. The molecule has 0 radical (unpaired) electrons. The average Bonchev–Trinajstić information content (AvgIpc) is 2.28. The molecule has 2 atom stereocenters. The van der Waals surface area contributed by atoms with Crippen LogP contribution in [0.25, 0.3) is 0 Å². The largest absolute Gasteiger partial charge is 0.302 e. The van der Waals surface area contributed by atoms with Crippen LogP contribution >= 0.6 is 0 Å². The van der Waals surface area contributed by atoms with E-state index in [1.807, 2.05) is 7.05 Å². The van der Waals surface area contributed by atoms with Gasteiger partial charge in [0.25, 0.3) is 0 Å². The minimum atomic E-state index is -3.49. The predicted octanol–water partition coefficient (Wildman–Crippen LogP) is 0.938. The summed E-state index contributed by atoms with van der Waals surface area (Å²) in [4.78, 5) is 2.09. The Labute approximate surface area is 105 Å². The van der Waals surface area contributed by atoms with E-state index in [2.05, 4.69) is 23.5 Å². The van der Waals surface area contributed by atoms with Gasteiger partial charge in [-0.05, 0) is 26.8 Å². The summed E-state index contributed by atoms with van der Waals surface area (Å²) in [5, 5.41) is 7.77. The van der Waals surface area contributed by atoms with Crippen LogP contribution in [0.5, 0.6) is 0 Å². The second kappa shape index (κ2) is 7.64. The number of sulfonamides is 1. The second-order valence-corrected chi connectivity index (χ2v) is 6.15. The van der Waals surface area contributed by atoms with Gasteiger partial charge in [0.2, 0.25) is 10.0 Å². The maximum atomic E-state index is 11.7. The van der Waals surface area contributed by atoms with E-state index < -0.39 is 15.3 Å². The lowest BCUT2D eigenvalue weighted by molar-refractivity contribution is 0.256. The molecule has 0 fully saturated rings.